The quantitative estimate of drug-likeness (QED) is 0.410. The Morgan fingerprint density at radius 3 is 2.56 bits per heavy atom. The Hall–Kier alpha value is -3.65. The van der Waals surface area contributed by atoms with Gasteiger partial charge in [-0.05, 0) is 56.0 Å². The molecule has 1 saturated heterocycles. The molecule has 4 rings (SSSR count). The van der Waals surface area contributed by atoms with Gasteiger partial charge in [0.05, 0.1) is 17.9 Å². The van der Waals surface area contributed by atoms with Gasteiger partial charge in [0.15, 0.2) is 5.75 Å². The molecule has 1 aliphatic rings. The normalized spacial score (nSPS) is 15.4. The fraction of sp³-hybridized carbons (Fsp3) is 0.357. The predicted molar refractivity (Wildman–Crippen MR) is 133 cm³/mol. The summed E-state index contributed by atoms with van der Waals surface area (Å²) in [6.07, 6.45) is 2.29. The van der Waals surface area contributed by atoms with Gasteiger partial charge < -0.3 is 23.9 Å². The molecule has 1 aromatic heterocycles. The molecule has 0 radical (unpaired) electrons. The van der Waals surface area contributed by atoms with E-state index in [-0.39, 0.29) is 30.8 Å². The molecule has 0 amide bonds. The Bertz CT molecular complexity index is 1230. The number of aromatic nitrogens is 1. The van der Waals surface area contributed by atoms with E-state index in [1.54, 1.807) is 23.6 Å². The third-order valence-electron chi connectivity index (χ3n) is 6.09. The van der Waals surface area contributed by atoms with Crippen molar-refractivity contribution in [3.63, 3.8) is 0 Å². The number of carboxylic acid groups (broad SMARTS) is 1. The van der Waals surface area contributed by atoms with Crippen LogP contribution in [0, 0.1) is 12.7 Å². The second-order valence-corrected chi connectivity index (χ2v) is 8.78. The second kappa shape index (κ2) is 11.9. The summed E-state index contributed by atoms with van der Waals surface area (Å²) < 4.78 is 33.6. The molecule has 1 fully saturated rings. The first kappa shape index (κ1) is 25.4. The molecular weight excluding hydrogens is 465 g/mol. The van der Waals surface area contributed by atoms with Crippen LogP contribution in [0.15, 0.2) is 59.4 Å². The number of aliphatic carboxylic acids is 1. The van der Waals surface area contributed by atoms with Gasteiger partial charge in [-0.1, -0.05) is 30.3 Å². The molecular formula is C28H30FNO6. The Balaban J connectivity index is 1.85. The number of halogens is 1. The average molecular weight is 496 g/mol. The van der Waals surface area contributed by atoms with E-state index >= 15 is 0 Å². The lowest BCUT2D eigenvalue weighted by Gasteiger charge is -2.28. The minimum atomic E-state index is -0.922. The molecule has 1 aliphatic heterocycles. The molecule has 3 aromatic rings. The summed E-state index contributed by atoms with van der Waals surface area (Å²) in [5.41, 5.74) is 1.85. The second-order valence-electron chi connectivity index (χ2n) is 8.78. The van der Waals surface area contributed by atoms with Crippen molar-refractivity contribution in [1.82, 2.24) is 4.57 Å². The minimum Gasteiger partial charge on any atom is -0.483 e. The Morgan fingerprint density at radius 2 is 1.89 bits per heavy atom. The van der Waals surface area contributed by atoms with Crippen LogP contribution in [0.1, 0.15) is 43.2 Å². The molecule has 2 heterocycles. The highest BCUT2D eigenvalue weighted by Gasteiger charge is 2.26. The van der Waals surface area contributed by atoms with Gasteiger partial charge in [0.1, 0.15) is 12.4 Å². The van der Waals surface area contributed by atoms with E-state index in [4.69, 9.17) is 14.2 Å². The third kappa shape index (κ3) is 6.12. The van der Waals surface area contributed by atoms with Gasteiger partial charge in [-0.15, -0.1) is 0 Å². The van der Waals surface area contributed by atoms with Gasteiger partial charge in [-0.2, -0.15) is 0 Å². The Morgan fingerprint density at radius 1 is 1.14 bits per heavy atom. The van der Waals surface area contributed by atoms with Gasteiger partial charge >= 0.3 is 5.97 Å². The number of nitrogens with zero attached hydrogens (tertiary/aromatic N) is 1. The molecule has 0 spiro atoms. The molecule has 1 atom stereocenters. The maximum Gasteiger partial charge on any atom is 0.303 e. The van der Waals surface area contributed by atoms with Crippen molar-refractivity contribution in [3.8, 4) is 22.9 Å². The van der Waals surface area contributed by atoms with Crippen molar-refractivity contribution in [2.45, 2.75) is 58.5 Å². The summed E-state index contributed by atoms with van der Waals surface area (Å²) >= 11 is 0. The van der Waals surface area contributed by atoms with Crippen LogP contribution < -0.4 is 14.9 Å². The summed E-state index contributed by atoms with van der Waals surface area (Å²) in [7, 11) is 0. The standard InChI is InChI=1S/C28H30FNO6/c1-19-26(33)27(35-18-20-8-3-2-4-9-20)25(21-12-14-22(29)15-13-21)30(16-7-10-23(31)32)28(19)36-24-11-5-6-17-34-24/h2-4,8-9,12-15,24H,5-7,10-11,16-18H2,1H3,(H,31,32). The first-order valence-corrected chi connectivity index (χ1v) is 12.1. The van der Waals surface area contributed by atoms with Gasteiger partial charge in [0.25, 0.3) is 0 Å². The van der Waals surface area contributed by atoms with Gasteiger partial charge in [0.2, 0.25) is 17.6 Å². The summed E-state index contributed by atoms with van der Waals surface area (Å²) in [5.74, 6) is -0.918. The third-order valence-corrected chi connectivity index (χ3v) is 6.09. The van der Waals surface area contributed by atoms with Crippen LogP contribution in [0.3, 0.4) is 0 Å². The summed E-state index contributed by atoms with van der Waals surface area (Å²) in [5, 5.41) is 9.23. The smallest absolute Gasteiger partial charge is 0.303 e. The topological polar surface area (TPSA) is 87.0 Å². The highest BCUT2D eigenvalue weighted by atomic mass is 19.1. The van der Waals surface area contributed by atoms with Crippen molar-refractivity contribution in [1.29, 1.82) is 0 Å². The van der Waals surface area contributed by atoms with Crippen LogP contribution in [-0.2, 0) is 22.7 Å². The van der Waals surface area contributed by atoms with Crippen LogP contribution in [0.5, 0.6) is 11.6 Å². The summed E-state index contributed by atoms with van der Waals surface area (Å²) in [6, 6.07) is 15.2. The minimum absolute atomic E-state index is 0.0619. The Kier molecular flexibility index (Phi) is 8.38. The maximum absolute atomic E-state index is 13.8. The van der Waals surface area contributed by atoms with Crippen LogP contribution >= 0.6 is 0 Å². The van der Waals surface area contributed by atoms with E-state index < -0.39 is 18.1 Å². The predicted octanol–water partition coefficient (Wildman–Crippen LogP) is 5.31. The molecule has 2 aromatic carbocycles. The maximum atomic E-state index is 13.8. The van der Waals surface area contributed by atoms with Gasteiger partial charge in [0, 0.05) is 24.9 Å². The zero-order valence-corrected chi connectivity index (χ0v) is 20.2. The van der Waals surface area contributed by atoms with Gasteiger partial charge in [-0.3, -0.25) is 9.59 Å². The monoisotopic (exact) mass is 495 g/mol. The lowest BCUT2D eigenvalue weighted by Crippen LogP contribution is -2.29. The van der Waals surface area contributed by atoms with Crippen molar-refractivity contribution < 1.29 is 28.5 Å². The first-order chi connectivity index (χ1) is 17.4. The Labute approximate surface area is 209 Å². The average Bonchev–Trinajstić information content (AvgIpc) is 2.89. The first-order valence-electron chi connectivity index (χ1n) is 12.1. The molecule has 190 valence electrons. The zero-order valence-electron chi connectivity index (χ0n) is 20.2. The molecule has 0 saturated carbocycles. The van der Waals surface area contributed by atoms with Crippen molar-refractivity contribution in [2.24, 2.45) is 0 Å². The molecule has 8 heteroatoms. The summed E-state index contributed by atoms with van der Waals surface area (Å²) in [6.45, 7) is 2.64. The van der Waals surface area contributed by atoms with Crippen LogP contribution in [0.2, 0.25) is 0 Å². The van der Waals surface area contributed by atoms with E-state index in [0.29, 0.717) is 42.1 Å². The van der Waals surface area contributed by atoms with E-state index in [9.17, 15) is 19.1 Å². The largest absolute Gasteiger partial charge is 0.483 e. The number of carboxylic acids is 1. The van der Waals surface area contributed by atoms with Crippen LogP contribution in [0.4, 0.5) is 4.39 Å². The number of hydrogen-bond acceptors (Lipinski definition) is 5. The molecule has 0 aliphatic carbocycles. The fourth-order valence-corrected chi connectivity index (χ4v) is 4.24. The highest BCUT2D eigenvalue weighted by molar-refractivity contribution is 5.69. The van der Waals surface area contributed by atoms with Crippen molar-refractivity contribution in [2.75, 3.05) is 6.61 Å². The number of rotatable bonds is 10. The van der Waals surface area contributed by atoms with Crippen LogP contribution in [-0.4, -0.2) is 28.5 Å². The fourth-order valence-electron chi connectivity index (χ4n) is 4.24. The van der Waals surface area contributed by atoms with E-state index in [1.807, 2.05) is 30.3 Å². The van der Waals surface area contributed by atoms with E-state index in [1.165, 1.54) is 12.1 Å². The number of ether oxygens (including phenoxy) is 3. The summed E-state index contributed by atoms with van der Waals surface area (Å²) in [4.78, 5) is 24.9. The van der Waals surface area contributed by atoms with Crippen molar-refractivity contribution >= 4 is 5.97 Å². The molecule has 1 unspecified atom stereocenters. The number of carbonyl (C=O) groups is 1. The van der Waals surface area contributed by atoms with Gasteiger partial charge in [-0.25, -0.2) is 4.39 Å². The van der Waals surface area contributed by atoms with Crippen LogP contribution in [0.25, 0.3) is 11.3 Å². The molecule has 1 N–H and O–H groups in total. The molecule has 36 heavy (non-hydrogen) atoms. The van der Waals surface area contributed by atoms with E-state index in [2.05, 4.69) is 0 Å². The number of hydrogen-bond donors (Lipinski definition) is 1. The SMILES string of the molecule is Cc1c(OC2CCCCO2)n(CCCC(=O)O)c(-c2ccc(F)cc2)c(OCc2ccccc2)c1=O. The zero-order chi connectivity index (χ0) is 25.5. The lowest BCUT2D eigenvalue weighted by atomic mass is 10.1. The van der Waals surface area contributed by atoms with E-state index in [0.717, 1.165) is 18.4 Å². The number of pyridine rings is 1. The highest BCUT2D eigenvalue weighted by Crippen LogP contribution is 2.35. The van der Waals surface area contributed by atoms with Crippen molar-refractivity contribution in [3.05, 3.63) is 81.8 Å². The molecule has 7 nitrogen and oxygen atoms in total. The molecule has 0 bridgehead atoms. The number of benzene rings is 2. The lowest BCUT2D eigenvalue weighted by molar-refractivity contribution is -0.137.